The largest absolute Gasteiger partial charge is 0.490 e. The summed E-state index contributed by atoms with van der Waals surface area (Å²) in [5.41, 5.74) is 1.22. The maximum absolute atomic E-state index is 12.1. The lowest BCUT2D eigenvalue weighted by atomic mass is 10.2. The van der Waals surface area contributed by atoms with Gasteiger partial charge in [0.25, 0.3) is 5.56 Å². The normalized spacial score (nSPS) is 10.5. The number of pyridine rings is 1. The number of fused-ring (bicyclic) bond motifs is 1. The molecule has 2 heterocycles. The molecule has 122 valence electrons. The highest BCUT2D eigenvalue weighted by Crippen LogP contribution is 2.31. The van der Waals surface area contributed by atoms with Gasteiger partial charge in [0.05, 0.1) is 17.9 Å². The van der Waals surface area contributed by atoms with Crippen molar-refractivity contribution in [3.8, 4) is 11.5 Å². The summed E-state index contributed by atoms with van der Waals surface area (Å²) in [5.74, 6) is 0.837. The molecular formula is C18H16N2O4. The van der Waals surface area contributed by atoms with Crippen molar-refractivity contribution in [2.45, 2.75) is 13.5 Å². The van der Waals surface area contributed by atoms with Crippen LogP contribution in [0.2, 0.25) is 0 Å². The zero-order chi connectivity index (χ0) is 16.9. The number of hydrogen-bond acceptors (Lipinski definition) is 5. The van der Waals surface area contributed by atoms with Crippen molar-refractivity contribution < 1.29 is 14.3 Å². The third-order valence-corrected chi connectivity index (χ3v) is 3.42. The Morgan fingerprint density at radius 1 is 1.17 bits per heavy atom. The number of aldehydes is 1. The zero-order valence-corrected chi connectivity index (χ0v) is 13.1. The van der Waals surface area contributed by atoms with Crippen molar-refractivity contribution in [1.29, 1.82) is 0 Å². The molecule has 0 atom stereocenters. The van der Waals surface area contributed by atoms with Gasteiger partial charge < -0.3 is 9.47 Å². The van der Waals surface area contributed by atoms with Gasteiger partial charge in [-0.05, 0) is 31.2 Å². The highest BCUT2D eigenvalue weighted by Gasteiger charge is 2.12. The molecular weight excluding hydrogens is 308 g/mol. The Morgan fingerprint density at radius 2 is 2.04 bits per heavy atom. The summed E-state index contributed by atoms with van der Waals surface area (Å²) in [6.45, 7) is 2.36. The molecule has 6 nitrogen and oxygen atoms in total. The van der Waals surface area contributed by atoms with Gasteiger partial charge in [-0.1, -0.05) is 12.1 Å². The van der Waals surface area contributed by atoms with Gasteiger partial charge in [0.15, 0.2) is 17.8 Å². The lowest BCUT2D eigenvalue weighted by Gasteiger charge is -2.13. The topological polar surface area (TPSA) is 69.9 Å². The third kappa shape index (κ3) is 3.12. The van der Waals surface area contributed by atoms with Crippen LogP contribution in [0.1, 0.15) is 23.0 Å². The monoisotopic (exact) mass is 324 g/mol. The standard InChI is InChI=1S/C18H16N2O4/c1-2-23-15-7-5-6-13(11-21)18(15)24-12-14-10-17(22)20-9-4-3-8-16(20)19-14/h3-11H,2,12H2,1H3. The fraction of sp³-hybridized carbons (Fsp3) is 0.167. The van der Waals surface area contributed by atoms with Crippen LogP contribution in [0.25, 0.3) is 5.65 Å². The second-order valence-electron chi connectivity index (χ2n) is 5.03. The van der Waals surface area contributed by atoms with E-state index in [-0.39, 0.29) is 12.2 Å². The summed E-state index contributed by atoms with van der Waals surface area (Å²) >= 11 is 0. The van der Waals surface area contributed by atoms with Crippen molar-refractivity contribution in [3.63, 3.8) is 0 Å². The molecule has 0 spiro atoms. The average molecular weight is 324 g/mol. The second kappa shape index (κ2) is 6.95. The van der Waals surface area contributed by atoms with Crippen LogP contribution < -0.4 is 15.0 Å². The number of ether oxygens (including phenoxy) is 2. The Labute approximate surface area is 138 Å². The summed E-state index contributed by atoms with van der Waals surface area (Å²) in [7, 11) is 0. The molecule has 0 aliphatic heterocycles. The Balaban J connectivity index is 1.91. The van der Waals surface area contributed by atoms with E-state index in [9.17, 15) is 9.59 Å². The van der Waals surface area contributed by atoms with Crippen molar-refractivity contribution >= 4 is 11.9 Å². The first-order valence-corrected chi connectivity index (χ1v) is 7.54. The van der Waals surface area contributed by atoms with E-state index in [0.717, 1.165) is 0 Å². The lowest BCUT2D eigenvalue weighted by molar-refractivity contribution is 0.111. The third-order valence-electron chi connectivity index (χ3n) is 3.42. The van der Waals surface area contributed by atoms with Gasteiger partial charge in [-0.2, -0.15) is 0 Å². The molecule has 0 bridgehead atoms. The molecule has 0 aliphatic rings. The van der Waals surface area contributed by atoms with Gasteiger partial charge >= 0.3 is 0 Å². The number of nitrogens with zero attached hydrogens (tertiary/aromatic N) is 2. The number of aromatic nitrogens is 2. The van der Waals surface area contributed by atoms with Crippen LogP contribution in [0.15, 0.2) is 53.5 Å². The summed E-state index contributed by atoms with van der Waals surface area (Å²) in [5, 5.41) is 0. The summed E-state index contributed by atoms with van der Waals surface area (Å²) < 4.78 is 12.7. The minimum Gasteiger partial charge on any atom is -0.490 e. The van der Waals surface area contributed by atoms with Gasteiger partial charge in [-0.25, -0.2) is 4.98 Å². The van der Waals surface area contributed by atoms with Crippen LogP contribution in [0.5, 0.6) is 11.5 Å². The molecule has 0 aliphatic carbocycles. The molecule has 6 heteroatoms. The molecule has 0 fully saturated rings. The van der Waals surface area contributed by atoms with Crippen LogP contribution >= 0.6 is 0 Å². The van der Waals surface area contributed by atoms with Crippen LogP contribution in [0.3, 0.4) is 0 Å². The smallest absolute Gasteiger partial charge is 0.258 e. The first-order valence-electron chi connectivity index (χ1n) is 7.54. The van der Waals surface area contributed by atoms with Crippen LogP contribution in [-0.4, -0.2) is 22.3 Å². The Kier molecular flexibility index (Phi) is 4.56. The van der Waals surface area contributed by atoms with E-state index in [1.54, 1.807) is 42.6 Å². The van der Waals surface area contributed by atoms with Crippen LogP contribution in [0, 0.1) is 0 Å². The molecule has 3 rings (SSSR count). The van der Waals surface area contributed by atoms with Crippen LogP contribution in [-0.2, 0) is 6.61 Å². The number of carbonyl (C=O) groups excluding carboxylic acids is 1. The molecule has 0 N–H and O–H groups in total. The van der Waals surface area contributed by atoms with Crippen LogP contribution in [0.4, 0.5) is 0 Å². The molecule has 0 unspecified atom stereocenters. The van der Waals surface area contributed by atoms with Crippen molar-refractivity contribution in [2.75, 3.05) is 6.61 Å². The molecule has 0 amide bonds. The van der Waals surface area contributed by atoms with Gasteiger partial charge in [0, 0.05) is 12.3 Å². The van der Waals surface area contributed by atoms with E-state index in [2.05, 4.69) is 4.98 Å². The number of benzene rings is 1. The van der Waals surface area contributed by atoms with Gasteiger partial charge in [0.2, 0.25) is 0 Å². The first kappa shape index (κ1) is 15.7. The number of rotatable bonds is 6. The predicted octanol–water partition coefficient (Wildman–Crippen LogP) is 2.48. The minimum absolute atomic E-state index is 0.0611. The van der Waals surface area contributed by atoms with Gasteiger partial charge in [-0.3, -0.25) is 14.0 Å². The first-order chi connectivity index (χ1) is 11.7. The highest BCUT2D eigenvalue weighted by atomic mass is 16.5. The van der Waals surface area contributed by atoms with E-state index < -0.39 is 0 Å². The molecule has 2 aromatic heterocycles. The quantitative estimate of drug-likeness (QED) is 0.652. The Bertz CT molecular complexity index is 934. The number of para-hydroxylation sites is 1. The van der Waals surface area contributed by atoms with Crippen molar-refractivity contribution in [3.05, 3.63) is 70.3 Å². The fourth-order valence-electron chi connectivity index (χ4n) is 2.37. The fourth-order valence-corrected chi connectivity index (χ4v) is 2.37. The maximum atomic E-state index is 12.1. The number of carbonyl (C=O) groups is 1. The molecule has 1 aromatic carbocycles. The van der Waals surface area contributed by atoms with Gasteiger partial charge in [0.1, 0.15) is 12.3 Å². The van der Waals surface area contributed by atoms with Crippen molar-refractivity contribution in [1.82, 2.24) is 9.38 Å². The molecule has 0 saturated carbocycles. The van der Waals surface area contributed by atoms with Crippen molar-refractivity contribution in [2.24, 2.45) is 0 Å². The lowest BCUT2D eigenvalue weighted by Crippen LogP contribution is -2.16. The summed E-state index contributed by atoms with van der Waals surface area (Å²) in [4.78, 5) is 27.7. The van der Waals surface area contributed by atoms with E-state index in [1.807, 2.05) is 6.92 Å². The summed E-state index contributed by atoms with van der Waals surface area (Å²) in [6, 6.07) is 11.8. The molecule has 0 radical (unpaired) electrons. The molecule has 0 saturated heterocycles. The average Bonchev–Trinajstić information content (AvgIpc) is 2.60. The summed E-state index contributed by atoms with van der Waals surface area (Å²) in [6.07, 6.45) is 2.37. The van der Waals surface area contributed by atoms with E-state index >= 15 is 0 Å². The predicted molar refractivity (Wildman–Crippen MR) is 88.8 cm³/mol. The SMILES string of the molecule is CCOc1cccc(C=O)c1OCc1cc(=O)n2ccccc2n1. The van der Waals surface area contributed by atoms with E-state index in [0.29, 0.717) is 41.3 Å². The number of hydrogen-bond donors (Lipinski definition) is 0. The zero-order valence-electron chi connectivity index (χ0n) is 13.1. The van der Waals surface area contributed by atoms with Gasteiger partial charge in [-0.15, -0.1) is 0 Å². The Morgan fingerprint density at radius 3 is 2.83 bits per heavy atom. The minimum atomic E-state index is -0.187. The maximum Gasteiger partial charge on any atom is 0.258 e. The van der Waals surface area contributed by atoms with E-state index in [4.69, 9.17) is 9.47 Å². The molecule has 3 aromatic rings. The molecule has 24 heavy (non-hydrogen) atoms. The Hall–Kier alpha value is -3.15. The highest BCUT2D eigenvalue weighted by molar-refractivity contribution is 5.81. The second-order valence-corrected chi connectivity index (χ2v) is 5.03. The van der Waals surface area contributed by atoms with E-state index in [1.165, 1.54) is 10.5 Å².